The molecule has 7 heteroatoms. The van der Waals surface area contributed by atoms with Crippen LogP contribution in [-0.4, -0.2) is 39.3 Å². The number of halogens is 1. The largest absolute Gasteiger partial charge is 0.391 e. The summed E-state index contributed by atoms with van der Waals surface area (Å²) in [7, 11) is 1.84. The number of nitrogens with two attached hydrogens (primary N) is 1. The molecule has 6 nitrogen and oxygen atoms in total. The van der Waals surface area contributed by atoms with Gasteiger partial charge in [0.25, 0.3) is 0 Å². The second-order valence-corrected chi connectivity index (χ2v) is 4.63. The minimum absolute atomic E-state index is 0.0154. The zero-order chi connectivity index (χ0) is 12.4. The van der Waals surface area contributed by atoms with Gasteiger partial charge in [0.2, 0.25) is 17.2 Å². The number of rotatable bonds is 2. The van der Waals surface area contributed by atoms with E-state index < -0.39 is 0 Å². The number of nitrogen functional groups attached to an aromatic ring is 1. The summed E-state index contributed by atoms with van der Waals surface area (Å²) >= 11 is 5.74. The van der Waals surface area contributed by atoms with E-state index in [4.69, 9.17) is 17.3 Å². The number of hydrogen-bond donors (Lipinski definition) is 2. The number of hydrogen-bond acceptors (Lipinski definition) is 6. The summed E-state index contributed by atoms with van der Waals surface area (Å²) < 4.78 is 0. The molecule has 1 aromatic rings. The van der Waals surface area contributed by atoms with Gasteiger partial charge in [-0.3, -0.25) is 0 Å². The van der Waals surface area contributed by atoms with Crippen molar-refractivity contribution in [2.24, 2.45) is 0 Å². The highest BCUT2D eigenvalue weighted by molar-refractivity contribution is 6.28. The molecule has 0 amide bonds. The third-order valence-electron chi connectivity index (χ3n) is 3.12. The molecule has 1 aliphatic carbocycles. The van der Waals surface area contributed by atoms with Gasteiger partial charge in [-0.25, -0.2) is 0 Å². The standard InChI is InChI=1S/C10H16ClN5O/c1-16(6-4-2-3-5-7(6)17)10-14-8(11)13-9(12)15-10/h6-7,17H,2-5H2,1H3,(H2,12,13,14,15). The lowest BCUT2D eigenvalue weighted by Crippen LogP contribution is -2.44. The Labute approximate surface area is 105 Å². The maximum atomic E-state index is 9.96. The summed E-state index contributed by atoms with van der Waals surface area (Å²) in [6.45, 7) is 0. The van der Waals surface area contributed by atoms with Crippen LogP contribution in [0.3, 0.4) is 0 Å². The average Bonchev–Trinajstić information content (AvgIpc) is 2.27. The molecule has 1 fully saturated rings. The van der Waals surface area contributed by atoms with Crippen LogP contribution in [-0.2, 0) is 0 Å². The molecule has 3 N–H and O–H groups in total. The third kappa shape index (κ3) is 2.76. The Bertz CT molecular complexity index is 382. The molecule has 94 valence electrons. The lowest BCUT2D eigenvalue weighted by Gasteiger charge is -2.35. The molecule has 0 bridgehead atoms. The lowest BCUT2D eigenvalue weighted by atomic mass is 9.92. The van der Waals surface area contributed by atoms with E-state index in [9.17, 15) is 5.11 Å². The van der Waals surface area contributed by atoms with Crippen molar-refractivity contribution in [1.29, 1.82) is 0 Å². The van der Waals surface area contributed by atoms with Crippen molar-refractivity contribution in [3.63, 3.8) is 0 Å². The predicted molar refractivity (Wildman–Crippen MR) is 65.9 cm³/mol. The number of likely N-dealkylation sites (N-methyl/N-ethyl adjacent to an activating group) is 1. The number of anilines is 2. The van der Waals surface area contributed by atoms with E-state index in [2.05, 4.69) is 15.0 Å². The lowest BCUT2D eigenvalue weighted by molar-refractivity contribution is 0.105. The van der Waals surface area contributed by atoms with Crippen LogP contribution in [0.15, 0.2) is 0 Å². The van der Waals surface area contributed by atoms with Gasteiger partial charge in [0.15, 0.2) is 0 Å². The van der Waals surface area contributed by atoms with Gasteiger partial charge in [-0.15, -0.1) is 0 Å². The van der Waals surface area contributed by atoms with E-state index in [0.29, 0.717) is 5.95 Å². The highest BCUT2D eigenvalue weighted by Gasteiger charge is 2.28. The number of aromatic nitrogens is 3. The smallest absolute Gasteiger partial charge is 0.231 e. The van der Waals surface area contributed by atoms with Gasteiger partial charge in [0, 0.05) is 7.05 Å². The molecular weight excluding hydrogens is 242 g/mol. The summed E-state index contributed by atoms with van der Waals surface area (Å²) in [5.74, 6) is 0.505. The monoisotopic (exact) mass is 257 g/mol. The molecule has 1 saturated carbocycles. The van der Waals surface area contributed by atoms with Crippen LogP contribution >= 0.6 is 11.6 Å². The van der Waals surface area contributed by atoms with Crippen LogP contribution in [0.25, 0.3) is 0 Å². The SMILES string of the molecule is CN(c1nc(N)nc(Cl)n1)C1CCCCC1O. The highest BCUT2D eigenvalue weighted by atomic mass is 35.5. The Kier molecular flexibility index (Phi) is 3.63. The predicted octanol–water partition coefficient (Wildman–Crippen LogP) is 0.847. The molecule has 1 heterocycles. The van der Waals surface area contributed by atoms with Crippen molar-refractivity contribution in [1.82, 2.24) is 15.0 Å². The first-order valence-electron chi connectivity index (χ1n) is 5.66. The number of nitrogens with zero attached hydrogens (tertiary/aromatic N) is 4. The minimum atomic E-state index is -0.356. The van der Waals surface area contributed by atoms with E-state index >= 15 is 0 Å². The van der Waals surface area contributed by atoms with Gasteiger partial charge in [-0.2, -0.15) is 15.0 Å². The Morgan fingerprint density at radius 3 is 2.65 bits per heavy atom. The quantitative estimate of drug-likeness (QED) is 0.817. The van der Waals surface area contributed by atoms with Gasteiger partial charge >= 0.3 is 0 Å². The molecular formula is C10H16ClN5O. The Balaban J connectivity index is 2.20. The number of aliphatic hydroxyl groups excluding tert-OH is 1. The Morgan fingerprint density at radius 1 is 1.29 bits per heavy atom. The van der Waals surface area contributed by atoms with E-state index in [0.717, 1.165) is 25.7 Å². The fraction of sp³-hybridized carbons (Fsp3) is 0.700. The molecule has 0 saturated heterocycles. The Hall–Kier alpha value is -1.14. The van der Waals surface area contributed by atoms with Crippen molar-refractivity contribution in [3.8, 4) is 0 Å². The summed E-state index contributed by atoms with van der Waals surface area (Å²) in [4.78, 5) is 13.6. The molecule has 1 aromatic heterocycles. The normalized spacial score (nSPS) is 24.6. The van der Waals surface area contributed by atoms with Gasteiger partial charge in [0.1, 0.15) is 0 Å². The van der Waals surface area contributed by atoms with Gasteiger partial charge in [-0.05, 0) is 24.4 Å². The van der Waals surface area contributed by atoms with Crippen LogP contribution in [0.2, 0.25) is 5.28 Å². The van der Waals surface area contributed by atoms with Crippen LogP contribution in [0.5, 0.6) is 0 Å². The highest BCUT2D eigenvalue weighted by Crippen LogP contribution is 2.25. The molecule has 2 rings (SSSR count). The molecule has 0 aliphatic heterocycles. The van der Waals surface area contributed by atoms with Crippen LogP contribution < -0.4 is 10.6 Å². The fourth-order valence-electron chi connectivity index (χ4n) is 2.20. The summed E-state index contributed by atoms with van der Waals surface area (Å²) in [6.07, 6.45) is 3.53. The van der Waals surface area contributed by atoms with E-state index in [1.54, 1.807) is 0 Å². The zero-order valence-electron chi connectivity index (χ0n) is 9.67. The molecule has 0 spiro atoms. The van der Waals surface area contributed by atoms with Gasteiger partial charge < -0.3 is 15.7 Å². The molecule has 17 heavy (non-hydrogen) atoms. The number of aliphatic hydroxyl groups is 1. The van der Waals surface area contributed by atoms with Crippen LogP contribution in [0.4, 0.5) is 11.9 Å². The molecule has 2 atom stereocenters. The van der Waals surface area contributed by atoms with Crippen molar-refractivity contribution in [2.75, 3.05) is 17.7 Å². The van der Waals surface area contributed by atoms with E-state index in [-0.39, 0.29) is 23.4 Å². The maximum absolute atomic E-state index is 9.96. The second-order valence-electron chi connectivity index (χ2n) is 4.29. The first kappa shape index (κ1) is 12.3. The van der Waals surface area contributed by atoms with Crippen molar-refractivity contribution < 1.29 is 5.11 Å². The minimum Gasteiger partial charge on any atom is -0.391 e. The summed E-state index contributed by atoms with van der Waals surface area (Å²) in [6, 6.07) is 0.0154. The first-order valence-corrected chi connectivity index (χ1v) is 6.03. The van der Waals surface area contributed by atoms with E-state index in [1.165, 1.54) is 0 Å². The maximum Gasteiger partial charge on any atom is 0.231 e. The molecule has 1 aliphatic rings. The van der Waals surface area contributed by atoms with Gasteiger partial charge in [0.05, 0.1) is 12.1 Å². The molecule has 0 aromatic carbocycles. The zero-order valence-corrected chi connectivity index (χ0v) is 10.4. The summed E-state index contributed by atoms with van der Waals surface area (Å²) in [5, 5.41) is 10.0. The van der Waals surface area contributed by atoms with Gasteiger partial charge in [-0.1, -0.05) is 12.8 Å². The third-order valence-corrected chi connectivity index (χ3v) is 3.29. The Morgan fingerprint density at radius 2 is 2.00 bits per heavy atom. The van der Waals surface area contributed by atoms with Crippen molar-refractivity contribution >= 4 is 23.5 Å². The topological polar surface area (TPSA) is 88.2 Å². The van der Waals surface area contributed by atoms with Crippen molar-refractivity contribution in [2.45, 2.75) is 37.8 Å². The average molecular weight is 258 g/mol. The van der Waals surface area contributed by atoms with Crippen molar-refractivity contribution in [3.05, 3.63) is 5.28 Å². The molecule has 0 radical (unpaired) electrons. The fourth-order valence-corrected chi connectivity index (χ4v) is 2.37. The first-order chi connectivity index (χ1) is 8.08. The second kappa shape index (κ2) is 5.01. The van der Waals surface area contributed by atoms with Crippen LogP contribution in [0.1, 0.15) is 25.7 Å². The van der Waals surface area contributed by atoms with E-state index in [1.807, 2.05) is 11.9 Å². The summed E-state index contributed by atoms with van der Waals surface area (Å²) in [5.41, 5.74) is 5.53. The molecule has 2 unspecified atom stereocenters. The van der Waals surface area contributed by atoms with Crippen LogP contribution in [0, 0.1) is 0 Å².